The van der Waals surface area contributed by atoms with E-state index in [1.165, 1.54) is 24.0 Å². The van der Waals surface area contributed by atoms with Crippen LogP contribution in [-0.4, -0.2) is 24.8 Å². The average Bonchev–Trinajstić information content (AvgIpc) is 3.44. The van der Waals surface area contributed by atoms with E-state index in [2.05, 4.69) is 25.1 Å². The summed E-state index contributed by atoms with van der Waals surface area (Å²) in [7, 11) is 1.74. The van der Waals surface area contributed by atoms with Gasteiger partial charge in [0.05, 0.1) is 18.6 Å². The van der Waals surface area contributed by atoms with Crippen molar-refractivity contribution in [1.82, 2.24) is 0 Å². The van der Waals surface area contributed by atoms with Crippen LogP contribution in [0.15, 0.2) is 18.2 Å². The van der Waals surface area contributed by atoms with Crippen LogP contribution in [0.4, 0.5) is 0 Å². The molecule has 0 amide bonds. The summed E-state index contributed by atoms with van der Waals surface area (Å²) in [6.45, 7) is 6.52. The second-order valence-corrected chi connectivity index (χ2v) is 11.5. The largest absolute Gasteiger partial charge is 0.497 e. The van der Waals surface area contributed by atoms with Crippen molar-refractivity contribution in [3.63, 3.8) is 0 Å². The minimum atomic E-state index is -0.341. The first kappa shape index (κ1) is 19.2. The second-order valence-electron chi connectivity index (χ2n) is 11.5. The number of ether oxygens (including phenoxy) is 3. The first-order valence-electron chi connectivity index (χ1n) is 11.8. The van der Waals surface area contributed by atoms with Crippen molar-refractivity contribution >= 4 is 5.97 Å². The Morgan fingerprint density at radius 1 is 1.03 bits per heavy atom. The molecule has 5 aliphatic rings. The van der Waals surface area contributed by atoms with Gasteiger partial charge in [0.2, 0.25) is 0 Å². The lowest BCUT2D eigenvalue weighted by molar-refractivity contribution is -0.206. The van der Waals surface area contributed by atoms with Crippen LogP contribution in [0.3, 0.4) is 0 Å². The maximum atomic E-state index is 12.9. The first-order chi connectivity index (χ1) is 14.3. The quantitative estimate of drug-likeness (QED) is 0.450. The molecule has 0 aromatic heterocycles. The lowest BCUT2D eigenvalue weighted by atomic mass is 9.54. The third kappa shape index (κ3) is 2.40. The number of hydrogen-bond acceptors (Lipinski definition) is 4. The van der Waals surface area contributed by atoms with Crippen molar-refractivity contribution in [2.45, 2.75) is 89.4 Å². The third-order valence-corrected chi connectivity index (χ3v) is 9.81. The molecule has 30 heavy (non-hydrogen) atoms. The Kier molecular flexibility index (Phi) is 3.85. The lowest BCUT2D eigenvalue weighted by Crippen LogP contribution is -2.56. The predicted octanol–water partition coefficient (Wildman–Crippen LogP) is 5.55. The average molecular weight is 411 g/mol. The number of epoxide rings is 1. The standard InChI is InChI=1S/C26H34O4/c1-24(2)11-12-26(30-23(24)27)10-8-20-18-14-21-22(29-21)19-13-15(28-4)5-6-16(19)17(18)7-9-25(20,26)3/h5-6,13,17-18,20-22H,7-12,14H2,1-4H3/t17?,18?,20?,21?,22?,25-,26+/m0/s1. The molecule has 0 bridgehead atoms. The second kappa shape index (κ2) is 6.03. The summed E-state index contributed by atoms with van der Waals surface area (Å²) in [5.74, 6) is 2.75. The first-order valence-corrected chi connectivity index (χ1v) is 11.8. The number of fused-ring (bicyclic) bond motifs is 8. The molecule has 5 unspecified atom stereocenters. The number of esters is 1. The summed E-state index contributed by atoms with van der Waals surface area (Å²) in [5, 5.41) is 0. The predicted molar refractivity (Wildman–Crippen MR) is 113 cm³/mol. The highest BCUT2D eigenvalue weighted by molar-refractivity contribution is 5.77. The minimum Gasteiger partial charge on any atom is -0.497 e. The molecular formula is C26H34O4. The molecule has 6 rings (SSSR count). The highest BCUT2D eigenvalue weighted by Gasteiger charge is 2.66. The van der Waals surface area contributed by atoms with Gasteiger partial charge in [-0.1, -0.05) is 13.0 Å². The van der Waals surface area contributed by atoms with E-state index in [-0.39, 0.29) is 28.5 Å². The van der Waals surface area contributed by atoms with Crippen molar-refractivity contribution in [2.75, 3.05) is 7.11 Å². The van der Waals surface area contributed by atoms with E-state index in [0.29, 0.717) is 23.9 Å². The monoisotopic (exact) mass is 410 g/mol. The van der Waals surface area contributed by atoms with Crippen LogP contribution in [0.25, 0.3) is 0 Å². The molecule has 2 aliphatic heterocycles. The topological polar surface area (TPSA) is 48.1 Å². The summed E-state index contributed by atoms with van der Waals surface area (Å²) in [6, 6.07) is 6.62. The molecule has 4 nitrogen and oxygen atoms in total. The number of methoxy groups -OCH3 is 1. The van der Waals surface area contributed by atoms with E-state index in [1.54, 1.807) is 7.11 Å². The molecule has 1 spiro atoms. The van der Waals surface area contributed by atoms with Crippen LogP contribution in [0.5, 0.6) is 5.75 Å². The van der Waals surface area contributed by atoms with Crippen molar-refractivity contribution < 1.29 is 19.0 Å². The number of carbonyl (C=O) groups is 1. The summed E-state index contributed by atoms with van der Waals surface area (Å²) in [4.78, 5) is 12.9. The van der Waals surface area contributed by atoms with Gasteiger partial charge < -0.3 is 14.2 Å². The Labute approximate surface area is 179 Å². The van der Waals surface area contributed by atoms with Crippen molar-refractivity contribution in [2.24, 2.45) is 22.7 Å². The highest BCUT2D eigenvalue weighted by Crippen LogP contribution is 2.69. The Morgan fingerprint density at radius 2 is 1.87 bits per heavy atom. The maximum Gasteiger partial charge on any atom is 0.312 e. The van der Waals surface area contributed by atoms with Gasteiger partial charge in [-0.25, -0.2) is 0 Å². The molecule has 1 aromatic carbocycles. The summed E-state index contributed by atoms with van der Waals surface area (Å²) in [6.07, 6.45) is 8.23. The van der Waals surface area contributed by atoms with Gasteiger partial charge in [-0.2, -0.15) is 0 Å². The molecule has 2 saturated carbocycles. The fourth-order valence-corrected chi connectivity index (χ4v) is 7.78. The van der Waals surface area contributed by atoms with E-state index < -0.39 is 0 Å². The van der Waals surface area contributed by atoms with E-state index in [9.17, 15) is 4.79 Å². The van der Waals surface area contributed by atoms with E-state index in [0.717, 1.165) is 37.9 Å². The number of benzene rings is 1. The molecule has 3 aliphatic carbocycles. The fraction of sp³-hybridized carbons (Fsp3) is 0.731. The molecule has 162 valence electrons. The summed E-state index contributed by atoms with van der Waals surface area (Å²) < 4.78 is 18.0. The SMILES string of the molecule is COc1ccc2c(c1)C1OC1CC1C2CC[C@@]2(C)C1CC[C@@]21CCC(C)(C)C(=O)O1. The molecule has 2 heterocycles. The molecule has 2 saturated heterocycles. The van der Waals surface area contributed by atoms with E-state index in [4.69, 9.17) is 14.2 Å². The van der Waals surface area contributed by atoms with Gasteiger partial charge in [0.15, 0.2) is 0 Å². The number of hydrogen-bond donors (Lipinski definition) is 0. The third-order valence-electron chi connectivity index (χ3n) is 9.81. The fourth-order valence-electron chi connectivity index (χ4n) is 7.78. The van der Waals surface area contributed by atoms with Crippen LogP contribution in [-0.2, 0) is 14.3 Å². The molecule has 0 radical (unpaired) electrons. The van der Waals surface area contributed by atoms with Crippen molar-refractivity contribution in [3.05, 3.63) is 29.3 Å². The normalized spacial score (nSPS) is 45.5. The molecule has 4 heteroatoms. The van der Waals surface area contributed by atoms with Gasteiger partial charge in [0.1, 0.15) is 17.5 Å². The molecule has 7 atom stereocenters. The van der Waals surface area contributed by atoms with Crippen LogP contribution < -0.4 is 4.74 Å². The Bertz CT molecular complexity index is 906. The number of rotatable bonds is 1. The van der Waals surface area contributed by atoms with E-state index in [1.807, 2.05) is 13.8 Å². The zero-order chi connectivity index (χ0) is 20.9. The van der Waals surface area contributed by atoms with Gasteiger partial charge in [-0.3, -0.25) is 4.79 Å². The smallest absolute Gasteiger partial charge is 0.312 e. The summed E-state index contributed by atoms with van der Waals surface area (Å²) >= 11 is 0. The van der Waals surface area contributed by atoms with Gasteiger partial charge >= 0.3 is 5.97 Å². The zero-order valence-electron chi connectivity index (χ0n) is 18.7. The molecule has 0 N–H and O–H groups in total. The van der Waals surface area contributed by atoms with Crippen molar-refractivity contribution in [3.8, 4) is 5.75 Å². The minimum absolute atomic E-state index is 0.0154. The number of carbonyl (C=O) groups excluding carboxylic acids is 1. The summed E-state index contributed by atoms with van der Waals surface area (Å²) in [5.41, 5.74) is 2.33. The Balaban J connectivity index is 1.36. The van der Waals surface area contributed by atoms with Crippen LogP contribution >= 0.6 is 0 Å². The molecule has 1 aromatic rings. The zero-order valence-corrected chi connectivity index (χ0v) is 18.7. The van der Waals surface area contributed by atoms with Gasteiger partial charge in [0, 0.05) is 5.41 Å². The maximum absolute atomic E-state index is 12.9. The highest BCUT2D eigenvalue weighted by atomic mass is 16.6. The van der Waals surface area contributed by atoms with E-state index >= 15 is 0 Å². The van der Waals surface area contributed by atoms with Gasteiger partial charge in [-0.05, 0) is 99.8 Å². The lowest BCUT2D eigenvalue weighted by Gasteiger charge is -2.55. The van der Waals surface area contributed by atoms with Crippen LogP contribution in [0, 0.1) is 22.7 Å². The van der Waals surface area contributed by atoms with Gasteiger partial charge in [-0.15, -0.1) is 0 Å². The van der Waals surface area contributed by atoms with Crippen molar-refractivity contribution in [1.29, 1.82) is 0 Å². The van der Waals surface area contributed by atoms with Crippen LogP contribution in [0.2, 0.25) is 0 Å². The molecule has 4 fully saturated rings. The molecular weight excluding hydrogens is 376 g/mol. The van der Waals surface area contributed by atoms with Gasteiger partial charge in [0.25, 0.3) is 0 Å². The van der Waals surface area contributed by atoms with Crippen LogP contribution in [0.1, 0.15) is 88.9 Å². The Morgan fingerprint density at radius 3 is 2.63 bits per heavy atom. The Hall–Kier alpha value is -1.55.